The second kappa shape index (κ2) is 9.96. The Bertz CT molecular complexity index is 2040. The lowest BCUT2D eigenvalue weighted by atomic mass is 9.78. The number of ether oxygens (including phenoxy) is 1. The summed E-state index contributed by atoms with van der Waals surface area (Å²) in [4.78, 5) is 48.0. The van der Waals surface area contributed by atoms with Crippen LogP contribution >= 0.6 is 0 Å². The molecule has 224 valence electrons. The van der Waals surface area contributed by atoms with E-state index in [0.29, 0.717) is 46.3 Å². The van der Waals surface area contributed by atoms with E-state index in [9.17, 15) is 29.0 Å². The summed E-state index contributed by atoms with van der Waals surface area (Å²) in [7, 11) is 0. The number of rotatable bonds is 4. The maximum Gasteiger partial charge on any atom is 0.343 e. The van der Waals surface area contributed by atoms with E-state index in [0.717, 1.165) is 17.2 Å². The maximum absolute atomic E-state index is 15.1. The smallest absolute Gasteiger partial charge is 0.343 e. The third-order valence-electron chi connectivity index (χ3n) is 9.24. The van der Waals surface area contributed by atoms with E-state index < -0.39 is 46.7 Å². The van der Waals surface area contributed by atoms with Crippen LogP contribution in [0.3, 0.4) is 0 Å². The summed E-state index contributed by atoms with van der Waals surface area (Å²) < 4.78 is 36.0. The standard InChI is InChI=1S/C33H27F2N3O6/c1-3-33(43)21-10-25-28-19(13-38(25)31(41)20(21)14-44-32(33)42)26-16(8-9-17-15(2)23(35)11-24(37-28)27(17)26)12-36-30(40)29(39)18-6-4-5-7-22(18)34/h4-7,10-12,16,29,39,43H,3,8-9,13-14H2,1-2H3/b36-12-/t16?,29?,33-/m0/s1. The highest BCUT2D eigenvalue weighted by molar-refractivity contribution is 5.98. The minimum absolute atomic E-state index is 0.00979. The largest absolute Gasteiger partial charge is 0.458 e. The van der Waals surface area contributed by atoms with Gasteiger partial charge >= 0.3 is 5.97 Å². The van der Waals surface area contributed by atoms with Gasteiger partial charge in [0.05, 0.1) is 29.0 Å². The summed E-state index contributed by atoms with van der Waals surface area (Å²) >= 11 is 0. The fraction of sp³-hybridized carbons (Fsp3) is 0.303. The monoisotopic (exact) mass is 599 g/mol. The minimum Gasteiger partial charge on any atom is -0.458 e. The van der Waals surface area contributed by atoms with E-state index in [4.69, 9.17) is 9.72 Å². The van der Waals surface area contributed by atoms with Crippen LogP contribution in [-0.2, 0) is 39.5 Å². The van der Waals surface area contributed by atoms with Gasteiger partial charge in [0, 0.05) is 40.3 Å². The van der Waals surface area contributed by atoms with Crippen LogP contribution in [0.1, 0.15) is 70.7 Å². The molecule has 7 rings (SSSR count). The van der Waals surface area contributed by atoms with Gasteiger partial charge in [-0.3, -0.25) is 9.59 Å². The van der Waals surface area contributed by atoms with Crippen LogP contribution in [0.5, 0.6) is 0 Å². The van der Waals surface area contributed by atoms with E-state index in [-0.39, 0.29) is 36.3 Å². The number of hydrogen-bond donors (Lipinski definition) is 2. The molecule has 0 fully saturated rings. The molecule has 2 aliphatic heterocycles. The average Bonchev–Trinajstić information content (AvgIpc) is 3.39. The lowest BCUT2D eigenvalue weighted by Gasteiger charge is -2.31. The van der Waals surface area contributed by atoms with Crippen LogP contribution in [0.25, 0.3) is 22.3 Å². The van der Waals surface area contributed by atoms with Crippen LogP contribution in [0.4, 0.5) is 8.78 Å². The number of aromatic nitrogens is 2. The predicted molar refractivity (Wildman–Crippen MR) is 155 cm³/mol. The molecule has 0 bridgehead atoms. The molecule has 2 aromatic heterocycles. The zero-order valence-corrected chi connectivity index (χ0v) is 23.9. The molecule has 3 atom stereocenters. The van der Waals surface area contributed by atoms with Gasteiger partial charge in [-0.25, -0.2) is 23.6 Å². The summed E-state index contributed by atoms with van der Waals surface area (Å²) in [5.41, 5.74) is 1.51. The normalized spacial score (nSPS) is 20.8. The van der Waals surface area contributed by atoms with Gasteiger partial charge in [-0.05, 0) is 55.0 Å². The van der Waals surface area contributed by atoms with E-state index in [2.05, 4.69) is 4.99 Å². The third kappa shape index (κ3) is 3.92. The fourth-order valence-corrected chi connectivity index (χ4v) is 6.80. The van der Waals surface area contributed by atoms with E-state index in [1.807, 2.05) is 0 Å². The Labute approximate surface area is 249 Å². The molecule has 4 heterocycles. The summed E-state index contributed by atoms with van der Waals surface area (Å²) in [5, 5.41) is 22.4. The number of cyclic esters (lactones) is 1. The number of hydrogen-bond acceptors (Lipinski definition) is 7. The van der Waals surface area contributed by atoms with Crippen molar-refractivity contribution >= 4 is 29.0 Å². The van der Waals surface area contributed by atoms with Crippen molar-refractivity contribution in [1.29, 1.82) is 0 Å². The van der Waals surface area contributed by atoms with Gasteiger partial charge in [0.2, 0.25) is 0 Å². The fourth-order valence-electron chi connectivity index (χ4n) is 6.80. The zero-order chi connectivity index (χ0) is 31.1. The highest BCUT2D eigenvalue weighted by Crippen LogP contribution is 2.46. The highest BCUT2D eigenvalue weighted by Gasteiger charge is 2.46. The molecule has 3 aliphatic rings. The topological polar surface area (TPSA) is 131 Å². The molecule has 4 aromatic rings. The maximum atomic E-state index is 15.1. The lowest BCUT2D eigenvalue weighted by molar-refractivity contribution is -0.172. The van der Waals surface area contributed by atoms with Gasteiger partial charge in [0.15, 0.2) is 11.7 Å². The summed E-state index contributed by atoms with van der Waals surface area (Å²) in [6, 6.07) is 8.34. The molecule has 1 aliphatic carbocycles. The van der Waals surface area contributed by atoms with Crippen molar-refractivity contribution in [2.75, 3.05) is 0 Å². The number of nitrogens with zero attached hydrogens (tertiary/aromatic N) is 3. The Balaban J connectivity index is 1.40. The molecule has 11 heteroatoms. The van der Waals surface area contributed by atoms with Crippen molar-refractivity contribution in [1.82, 2.24) is 9.55 Å². The first kappa shape index (κ1) is 28.2. The first-order valence-corrected chi connectivity index (χ1v) is 14.4. The van der Waals surface area contributed by atoms with E-state index in [1.165, 1.54) is 35.0 Å². The summed E-state index contributed by atoms with van der Waals surface area (Å²) in [5.74, 6) is -3.40. The predicted octanol–water partition coefficient (Wildman–Crippen LogP) is 4.03. The molecule has 1 amide bonds. The molecular formula is C33H27F2N3O6. The van der Waals surface area contributed by atoms with Crippen LogP contribution < -0.4 is 5.56 Å². The van der Waals surface area contributed by atoms with Crippen molar-refractivity contribution in [3.63, 3.8) is 0 Å². The second-order valence-corrected chi connectivity index (χ2v) is 11.5. The van der Waals surface area contributed by atoms with E-state index in [1.54, 1.807) is 19.9 Å². The summed E-state index contributed by atoms with van der Waals surface area (Å²) in [6.45, 7) is 3.15. The number of aliphatic hydroxyl groups is 2. The number of esters is 1. The minimum atomic E-state index is -2.00. The number of pyridine rings is 2. The number of benzene rings is 2. The van der Waals surface area contributed by atoms with E-state index >= 15 is 4.39 Å². The van der Waals surface area contributed by atoms with Gasteiger partial charge in [-0.15, -0.1) is 0 Å². The molecule has 44 heavy (non-hydrogen) atoms. The lowest BCUT2D eigenvalue weighted by Crippen LogP contribution is -2.44. The second-order valence-electron chi connectivity index (χ2n) is 11.5. The molecule has 9 nitrogen and oxygen atoms in total. The van der Waals surface area contributed by atoms with Gasteiger partial charge in [-0.2, -0.15) is 0 Å². The number of fused-ring (bicyclic) bond motifs is 5. The van der Waals surface area contributed by atoms with Crippen molar-refractivity contribution in [3.8, 4) is 11.4 Å². The molecule has 0 radical (unpaired) electrons. The average molecular weight is 600 g/mol. The van der Waals surface area contributed by atoms with Gasteiger partial charge in [0.25, 0.3) is 11.5 Å². The quantitative estimate of drug-likeness (QED) is 0.236. The van der Waals surface area contributed by atoms with Crippen molar-refractivity contribution in [2.45, 2.75) is 63.9 Å². The number of aryl methyl sites for hydroxylation is 1. The summed E-state index contributed by atoms with van der Waals surface area (Å²) in [6.07, 6.45) is 0.541. The van der Waals surface area contributed by atoms with Gasteiger partial charge in [0.1, 0.15) is 18.2 Å². The first-order valence-electron chi connectivity index (χ1n) is 14.4. The zero-order valence-electron chi connectivity index (χ0n) is 23.9. The number of aliphatic hydroxyl groups excluding tert-OH is 1. The molecule has 2 aromatic carbocycles. The van der Waals surface area contributed by atoms with Crippen molar-refractivity contribution in [2.24, 2.45) is 4.99 Å². The molecule has 2 unspecified atom stereocenters. The Morgan fingerprint density at radius 1 is 1.20 bits per heavy atom. The Morgan fingerprint density at radius 2 is 1.98 bits per heavy atom. The van der Waals surface area contributed by atoms with Gasteiger partial charge < -0.3 is 19.5 Å². The van der Waals surface area contributed by atoms with Crippen LogP contribution in [0.2, 0.25) is 0 Å². The van der Waals surface area contributed by atoms with Crippen LogP contribution in [0.15, 0.2) is 46.2 Å². The Hall–Kier alpha value is -4.61. The van der Waals surface area contributed by atoms with Crippen molar-refractivity contribution < 1.29 is 33.3 Å². The van der Waals surface area contributed by atoms with Crippen LogP contribution in [0, 0.1) is 18.6 Å². The molecule has 0 saturated carbocycles. The SMILES string of the molecule is CC[C@@]1(O)C(=O)OCc2c1cc1n(c2=O)Cc2c-1nc1cc(F)c(C)c3c1c2C(/C=N\C(=O)C(O)c1ccccc1F)CC3. The number of aliphatic imine (C=N–C) groups is 1. The Morgan fingerprint density at radius 3 is 2.73 bits per heavy atom. The number of amides is 1. The number of carbonyl (C=O) groups excluding carboxylic acids is 2. The first-order chi connectivity index (χ1) is 21.0. The number of halogens is 2. The van der Waals surface area contributed by atoms with Gasteiger partial charge in [-0.1, -0.05) is 25.1 Å². The molecule has 0 spiro atoms. The van der Waals surface area contributed by atoms with Crippen LogP contribution in [-0.4, -0.2) is 37.9 Å². The molecule has 2 N–H and O–H groups in total. The third-order valence-corrected chi connectivity index (χ3v) is 9.24. The Kier molecular flexibility index (Phi) is 6.38. The number of carbonyl (C=O) groups is 2. The molecule has 0 saturated heterocycles. The molecular weight excluding hydrogens is 572 g/mol. The van der Waals surface area contributed by atoms with Crippen molar-refractivity contribution in [3.05, 3.63) is 97.3 Å². The highest BCUT2D eigenvalue weighted by atomic mass is 19.1.